The first-order chi connectivity index (χ1) is 15.8. The Morgan fingerprint density at radius 2 is 1.64 bits per heavy atom. The molecule has 1 amide bonds. The molecule has 0 bridgehead atoms. The third kappa shape index (κ3) is 4.73. The van der Waals surface area contributed by atoms with Crippen LogP contribution in [0.3, 0.4) is 0 Å². The summed E-state index contributed by atoms with van der Waals surface area (Å²) in [5, 5.41) is 0. The summed E-state index contributed by atoms with van der Waals surface area (Å²) in [4.78, 5) is 15.7. The van der Waals surface area contributed by atoms with E-state index in [1.165, 1.54) is 4.31 Å². The van der Waals surface area contributed by atoms with E-state index < -0.39 is 10.0 Å². The van der Waals surface area contributed by atoms with E-state index in [0.29, 0.717) is 43.1 Å². The molecular formula is C25H32N2O5S. The summed E-state index contributed by atoms with van der Waals surface area (Å²) in [5.41, 5.74) is 2.01. The fourth-order valence-corrected chi connectivity index (χ4v) is 6.35. The van der Waals surface area contributed by atoms with Gasteiger partial charge in [-0.05, 0) is 56.9 Å². The number of hydrogen-bond donors (Lipinski definition) is 0. The maximum atomic E-state index is 13.5. The number of carbonyl (C=O) groups is 1. The molecule has 2 heterocycles. The molecule has 4 rings (SSSR count). The van der Waals surface area contributed by atoms with Crippen LogP contribution in [0.5, 0.6) is 11.5 Å². The van der Waals surface area contributed by atoms with Gasteiger partial charge in [0.1, 0.15) is 11.5 Å². The van der Waals surface area contributed by atoms with E-state index in [4.69, 9.17) is 9.47 Å². The minimum atomic E-state index is -3.54. The highest BCUT2D eigenvalue weighted by Gasteiger charge is 2.38. The summed E-state index contributed by atoms with van der Waals surface area (Å²) in [7, 11) is -0.291. The third-order valence-corrected chi connectivity index (χ3v) is 8.71. The van der Waals surface area contributed by atoms with Crippen molar-refractivity contribution in [2.45, 2.75) is 43.5 Å². The number of rotatable bonds is 6. The summed E-state index contributed by atoms with van der Waals surface area (Å²) in [6.45, 7) is 3.36. The molecule has 2 fully saturated rings. The Bertz CT molecular complexity index is 1090. The van der Waals surface area contributed by atoms with Crippen molar-refractivity contribution in [3.63, 3.8) is 0 Å². The number of piperidine rings is 1. The van der Waals surface area contributed by atoms with Gasteiger partial charge < -0.3 is 14.4 Å². The van der Waals surface area contributed by atoms with Crippen molar-refractivity contribution < 1.29 is 22.7 Å². The van der Waals surface area contributed by atoms with Crippen LogP contribution in [0, 0.1) is 12.8 Å². The molecule has 2 aliphatic heterocycles. The molecule has 0 unspecified atom stereocenters. The topological polar surface area (TPSA) is 76.2 Å². The Kier molecular flexibility index (Phi) is 6.95. The maximum absolute atomic E-state index is 13.5. The number of hydrogen-bond acceptors (Lipinski definition) is 5. The van der Waals surface area contributed by atoms with E-state index in [2.05, 4.69) is 0 Å². The minimum Gasteiger partial charge on any atom is -0.497 e. The molecular weight excluding hydrogens is 440 g/mol. The zero-order valence-corrected chi connectivity index (χ0v) is 20.3. The molecule has 8 heteroatoms. The third-order valence-electron chi connectivity index (χ3n) is 6.80. The lowest BCUT2D eigenvalue weighted by Gasteiger charge is -2.34. The number of benzene rings is 2. The van der Waals surface area contributed by atoms with Gasteiger partial charge in [0.05, 0.1) is 25.2 Å². The van der Waals surface area contributed by atoms with Crippen LogP contribution in [0.25, 0.3) is 0 Å². The van der Waals surface area contributed by atoms with Crippen molar-refractivity contribution in [3.05, 3.63) is 53.6 Å². The van der Waals surface area contributed by atoms with Crippen LogP contribution in [0.2, 0.25) is 0 Å². The van der Waals surface area contributed by atoms with E-state index in [1.54, 1.807) is 26.4 Å². The SMILES string of the molecule is COc1ccc([C@H]2CCCN2C(=O)C2CCN(S(=O)(=O)c3ccc(C)cc3)CC2)c(OC)c1. The van der Waals surface area contributed by atoms with Crippen molar-refractivity contribution in [1.29, 1.82) is 0 Å². The first kappa shape index (κ1) is 23.6. The molecule has 0 aromatic heterocycles. The summed E-state index contributed by atoms with van der Waals surface area (Å²) in [6.07, 6.45) is 2.89. The molecule has 33 heavy (non-hydrogen) atoms. The molecule has 0 spiro atoms. The van der Waals surface area contributed by atoms with Crippen molar-refractivity contribution in [3.8, 4) is 11.5 Å². The number of sulfonamides is 1. The van der Waals surface area contributed by atoms with Crippen molar-refractivity contribution >= 4 is 15.9 Å². The smallest absolute Gasteiger partial charge is 0.243 e. The zero-order valence-electron chi connectivity index (χ0n) is 19.5. The van der Waals surface area contributed by atoms with E-state index in [9.17, 15) is 13.2 Å². The number of ether oxygens (including phenoxy) is 2. The fourth-order valence-electron chi connectivity index (χ4n) is 4.88. The fraction of sp³-hybridized carbons (Fsp3) is 0.480. The number of aryl methyl sites for hydroxylation is 1. The molecule has 2 aromatic rings. The van der Waals surface area contributed by atoms with Gasteiger partial charge in [0.25, 0.3) is 0 Å². The summed E-state index contributed by atoms with van der Waals surface area (Å²) in [5.74, 6) is 1.38. The van der Waals surface area contributed by atoms with Gasteiger partial charge in [0.2, 0.25) is 15.9 Å². The van der Waals surface area contributed by atoms with Gasteiger partial charge in [-0.15, -0.1) is 0 Å². The van der Waals surface area contributed by atoms with Crippen molar-refractivity contribution in [1.82, 2.24) is 9.21 Å². The summed E-state index contributed by atoms with van der Waals surface area (Å²) >= 11 is 0. The van der Waals surface area contributed by atoms with Gasteiger partial charge in [-0.1, -0.05) is 17.7 Å². The van der Waals surface area contributed by atoms with Crippen molar-refractivity contribution in [2.75, 3.05) is 33.9 Å². The van der Waals surface area contributed by atoms with Crippen LogP contribution in [0.15, 0.2) is 47.4 Å². The molecule has 1 atom stereocenters. The molecule has 2 aliphatic rings. The predicted molar refractivity (Wildman–Crippen MR) is 126 cm³/mol. The second-order valence-electron chi connectivity index (χ2n) is 8.79. The average molecular weight is 473 g/mol. The first-order valence-corrected chi connectivity index (χ1v) is 12.9. The Balaban J connectivity index is 1.45. The monoisotopic (exact) mass is 472 g/mol. The number of nitrogens with zero attached hydrogens (tertiary/aromatic N) is 2. The van der Waals surface area contributed by atoms with E-state index in [-0.39, 0.29) is 17.9 Å². The van der Waals surface area contributed by atoms with Gasteiger partial charge >= 0.3 is 0 Å². The number of amides is 1. The van der Waals surface area contributed by atoms with E-state index in [0.717, 1.165) is 29.7 Å². The lowest BCUT2D eigenvalue weighted by molar-refractivity contribution is -0.137. The summed E-state index contributed by atoms with van der Waals surface area (Å²) in [6, 6.07) is 12.6. The van der Waals surface area contributed by atoms with Crippen LogP contribution < -0.4 is 9.47 Å². The van der Waals surface area contributed by atoms with Gasteiger partial charge in [-0.25, -0.2) is 8.42 Å². The number of likely N-dealkylation sites (tertiary alicyclic amines) is 1. The summed E-state index contributed by atoms with van der Waals surface area (Å²) < 4.78 is 38.4. The quantitative estimate of drug-likeness (QED) is 0.640. The average Bonchev–Trinajstić information content (AvgIpc) is 3.33. The molecule has 2 saturated heterocycles. The molecule has 7 nitrogen and oxygen atoms in total. The maximum Gasteiger partial charge on any atom is 0.243 e. The van der Waals surface area contributed by atoms with Gasteiger partial charge in [-0.2, -0.15) is 4.31 Å². The standard InChI is InChI=1S/C25H32N2O5S/c1-18-6-9-21(10-7-18)33(29,30)26-15-12-19(13-16-26)25(28)27-14-4-5-23(27)22-11-8-20(31-2)17-24(22)32-3/h6-11,17,19,23H,4-5,12-16H2,1-3H3/t23-/m1/s1. The highest BCUT2D eigenvalue weighted by Crippen LogP contribution is 2.40. The lowest BCUT2D eigenvalue weighted by Crippen LogP contribution is -2.44. The van der Waals surface area contributed by atoms with E-state index in [1.807, 2.05) is 42.2 Å². The van der Waals surface area contributed by atoms with E-state index >= 15 is 0 Å². The van der Waals surface area contributed by atoms with Crippen molar-refractivity contribution in [2.24, 2.45) is 5.92 Å². The Morgan fingerprint density at radius 1 is 0.939 bits per heavy atom. The van der Waals surface area contributed by atoms with Gasteiger partial charge in [-0.3, -0.25) is 4.79 Å². The lowest BCUT2D eigenvalue weighted by atomic mass is 9.95. The molecule has 0 radical (unpaired) electrons. The molecule has 0 N–H and O–H groups in total. The second kappa shape index (κ2) is 9.73. The largest absolute Gasteiger partial charge is 0.497 e. The van der Waals surface area contributed by atoms with Crippen LogP contribution in [-0.4, -0.2) is 57.4 Å². The van der Waals surface area contributed by atoms with Gasteiger partial charge in [0.15, 0.2) is 0 Å². The molecule has 0 aliphatic carbocycles. The first-order valence-electron chi connectivity index (χ1n) is 11.4. The Hall–Kier alpha value is -2.58. The van der Waals surface area contributed by atoms with Gasteiger partial charge in [0, 0.05) is 37.2 Å². The molecule has 0 saturated carbocycles. The number of carbonyl (C=O) groups excluding carboxylic acids is 1. The zero-order chi connectivity index (χ0) is 23.6. The van der Waals surface area contributed by atoms with Crippen LogP contribution in [-0.2, 0) is 14.8 Å². The van der Waals surface area contributed by atoms with Crippen LogP contribution in [0.1, 0.15) is 42.9 Å². The highest BCUT2D eigenvalue weighted by molar-refractivity contribution is 7.89. The normalized spacial score (nSPS) is 20.1. The predicted octanol–water partition coefficient (Wildman–Crippen LogP) is 3.78. The Labute approximate surface area is 196 Å². The van der Waals surface area contributed by atoms with Crippen LogP contribution >= 0.6 is 0 Å². The number of methoxy groups -OCH3 is 2. The second-order valence-corrected chi connectivity index (χ2v) is 10.7. The minimum absolute atomic E-state index is 0.0346. The Morgan fingerprint density at radius 3 is 2.27 bits per heavy atom. The van der Waals surface area contributed by atoms with Crippen LogP contribution in [0.4, 0.5) is 0 Å². The molecule has 178 valence electrons. The molecule has 2 aromatic carbocycles. The highest BCUT2D eigenvalue weighted by atomic mass is 32.2.